The van der Waals surface area contributed by atoms with Crippen LogP contribution in [0.3, 0.4) is 0 Å². The SMILES string of the molecule is CC(=O)c1ccc(-c2ccc(-c3ncc[nH]3)o2)cc1.Cl. The van der Waals surface area contributed by atoms with Gasteiger partial charge in [0.15, 0.2) is 17.4 Å². The van der Waals surface area contributed by atoms with Gasteiger partial charge in [-0.25, -0.2) is 4.98 Å². The van der Waals surface area contributed by atoms with Crippen molar-refractivity contribution >= 4 is 18.2 Å². The average Bonchev–Trinajstić information content (AvgIpc) is 3.10. The predicted octanol–water partition coefficient (Wildman–Crippen LogP) is 3.96. The van der Waals surface area contributed by atoms with E-state index in [0.29, 0.717) is 17.1 Å². The zero-order chi connectivity index (χ0) is 13.2. The Hall–Kier alpha value is -2.33. The van der Waals surface area contributed by atoms with Crippen molar-refractivity contribution in [2.45, 2.75) is 6.92 Å². The van der Waals surface area contributed by atoms with E-state index in [9.17, 15) is 4.79 Å². The van der Waals surface area contributed by atoms with Gasteiger partial charge in [0.1, 0.15) is 5.76 Å². The summed E-state index contributed by atoms with van der Waals surface area (Å²) in [4.78, 5) is 18.3. The largest absolute Gasteiger partial charge is 0.453 e. The van der Waals surface area contributed by atoms with Crippen LogP contribution in [0.2, 0.25) is 0 Å². The van der Waals surface area contributed by atoms with Crippen LogP contribution in [0.15, 0.2) is 53.2 Å². The van der Waals surface area contributed by atoms with Crippen molar-refractivity contribution in [2.24, 2.45) is 0 Å². The minimum Gasteiger partial charge on any atom is -0.453 e. The number of rotatable bonds is 3. The number of nitrogens with zero attached hydrogens (tertiary/aromatic N) is 1. The van der Waals surface area contributed by atoms with Crippen molar-refractivity contribution in [3.05, 3.63) is 54.4 Å². The fraction of sp³-hybridized carbons (Fsp3) is 0.0667. The van der Waals surface area contributed by atoms with Gasteiger partial charge in [0.05, 0.1) is 0 Å². The molecule has 0 aliphatic carbocycles. The first-order chi connectivity index (χ1) is 9.24. The third-order valence-corrected chi connectivity index (χ3v) is 2.91. The van der Waals surface area contributed by atoms with Gasteiger partial charge in [0.2, 0.25) is 0 Å². The summed E-state index contributed by atoms with van der Waals surface area (Å²) in [5, 5.41) is 0. The second-order valence-corrected chi connectivity index (χ2v) is 4.24. The summed E-state index contributed by atoms with van der Waals surface area (Å²) >= 11 is 0. The van der Waals surface area contributed by atoms with Crippen molar-refractivity contribution in [1.29, 1.82) is 0 Å². The molecule has 1 N–H and O–H groups in total. The van der Waals surface area contributed by atoms with Gasteiger partial charge in [-0.1, -0.05) is 24.3 Å². The number of furan rings is 1. The number of halogens is 1. The molecule has 20 heavy (non-hydrogen) atoms. The summed E-state index contributed by atoms with van der Waals surface area (Å²) in [6.45, 7) is 1.55. The van der Waals surface area contributed by atoms with Crippen molar-refractivity contribution in [3.63, 3.8) is 0 Å². The van der Waals surface area contributed by atoms with Crippen molar-refractivity contribution in [2.75, 3.05) is 0 Å². The lowest BCUT2D eigenvalue weighted by Crippen LogP contribution is -1.90. The number of Topliss-reactive ketones (excluding diaryl/α,β-unsaturated/α-hetero) is 1. The molecule has 5 heteroatoms. The number of aromatic nitrogens is 2. The van der Waals surface area contributed by atoms with E-state index in [2.05, 4.69) is 9.97 Å². The van der Waals surface area contributed by atoms with Crippen molar-refractivity contribution in [3.8, 4) is 22.9 Å². The number of imidazole rings is 1. The monoisotopic (exact) mass is 288 g/mol. The zero-order valence-corrected chi connectivity index (χ0v) is 11.6. The maximum Gasteiger partial charge on any atom is 0.173 e. The predicted molar refractivity (Wildman–Crippen MR) is 79.0 cm³/mol. The Morgan fingerprint density at radius 3 is 2.40 bits per heavy atom. The third kappa shape index (κ3) is 2.65. The van der Waals surface area contributed by atoms with Gasteiger partial charge in [-0.2, -0.15) is 0 Å². The average molecular weight is 289 g/mol. The minimum atomic E-state index is 0. The van der Waals surface area contributed by atoms with E-state index in [4.69, 9.17) is 4.42 Å². The maximum atomic E-state index is 11.2. The summed E-state index contributed by atoms with van der Waals surface area (Å²) < 4.78 is 5.74. The molecule has 0 saturated heterocycles. The fourth-order valence-corrected chi connectivity index (χ4v) is 1.89. The molecule has 0 spiro atoms. The number of ketones is 1. The van der Waals surface area contributed by atoms with Gasteiger partial charge in [0, 0.05) is 23.5 Å². The van der Waals surface area contributed by atoms with Crippen LogP contribution >= 0.6 is 12.4 Å². The molecule has 0 radical (unpaired) electrons. The summed E-state index contributed by atoms with van der Waals surface area (Å²) in [7, 11) is 0. The molecule has 0 unspecified atom stereocenters. The second kappa shape index (κ2) is 5.75. The number of hydrogen-bond donors (Lipinski definition) is 1. The summed E-state index contributed by atoms with van der Waals surface area (Å²) in [5.74, 6) is 2.20. The van der Waals surface area contributed by atoms with E-state index in [-0.39, 0.29) is 18.2 Å². The molecule has 2 aromatic heterocycles. The van der Waals surface area contributed by atoms with Crippen LogP contribution in [0.1, 0.15) is 17.3 Å². The lowest BCUT2D eigenvalue weighted by molar-refractivity contribution is 0.101. The van der Waals surface area contributed by atoms with Crippen molar-refractivity contribution < 1.29 is 9.21 Å². The van der Waals surface area contributed by atoms with E-state index in [0.717, 1.165) is 11.3 Å². The molecule has 3 rings (SSSR count). The fourth-order valence-electron chi connectivity index (χ4n) is 1.89. The van der Waals surface area contributed by atoms with Crippen LogP contribution in [0.4, 0.5) is 0 Å². The first-order valence-corrected chi connectivity index (χ1v) is 5.95. The lowest BCUT2D eigenvalue weighted by atomic mass is 10.1. The molecule has 2 heterocycles. The van der Waals surface area contributed by atoms with E-state index >= 15 is 0 Å². The highest BCUT2D eigenvalue weighted by Gasteiger charge is 2.08. The molecule has 4 nitrogen and oxygen atoms in total. The Kier molecular flexibility index (Phi) is 4.05. The van der Waals surface area contributed by atoms with Gasteiger partial charge >= 0.3 is 0 Å². The standard InChI is InChI=1S/C15H12N2O2.ClH/c1-10(18)11-2-4-12(5-3-11)13-6-7-14(19-13)15-16-8-9-17-15;/h2-9H,1H3,(H,16,17);1H. The molecule has 102 valence electrons. The summed E-state index contributed by atoms with van der Waals surface area (Å²) in [5.41, 5.74) is 1.63. The molecule has 0 aliphatic rings. The molecule has 0 atom stereocenters. The number of carbonyl (C=O) groups is 1. The smallest absolute Gasteiger partial charge is 0.173 e. The number of aromatic amines is 1. The van der Waals surface area contributed by atoms with Gasteiger partial charge in [-0.15, -0.1) is 12.4 Å². The Labute approximate surface area is 122 Å². The molecule has 0 amide bonds. The number of carbonyl (C=O) groups excluding carboxylic acids is 1. The second-order valence-electron chi connectivity index (χ2n) is 4.24. The van der Waals surface area contributed by atoms with Gasteiger partial charge in [-0.05, 0) is 19.1 Å². The Morgan fingerprint density at radius 2 is 1.80 bits per heavy atom. The Morgan fingerprint density at radius 1 is 1.10 bits per heavy atom. The molecule has 0 aliphatic heterocycles. The van der Waals surface area contributed by atoms with Crippen LogP contribution in [0, 0.1) is 0 Å². The lowest BCUT2D eigenvalue weighted by Gasteiger charge is -1.99. The van der Waals surface area contributed by atoms with Crippen molar-refractivity contribution in [1.82, 2.24) is 9.97 Å². The van der Waals surface area contributed by atoms with Crippen LogP contribution < -0.4 is 0 Å². The molecule has 0 bridgehead atoms. The highest BCUT2D eigenvalue weighted by Crippen LogP contribution is 2.26. The normalized spacial score (nSPS) is 10.1. The molecule has 3 aromatic rings. The quantitative estimate of drug-likeness (QED) is 0.742. The van der Waals surface area contributed by atoms with Crippen LogP contribution in [0.25, 0.3) is 22.9 Å². The van der Waals surface area contributed by atoms with Gasteiger partial charge < -0.3 is 9.40 Å². The van der Waals surface area contributed by atoms with E-state index in [1.165, 1.54) is 0 Å². The first kappa shape index (κ1) is 14.1. The molecule has 0 saturated carbocycles. The third-order valence-electron chi connectivity index (χ3n) is 2.91. The number of H-pyrrole nitrogens is 1. The zero-order valence-electron chi connectivity index (χ0n) is 10.8. The maximum absolute atomic E-state index is 11.2. The number of benzene rings is 1. The topological polar surface area (TPSA) is 58.9 Å². The van der Waals surface area contributed by atoms with E-state index in [1.54, 1.807) is 31.5 Å². The Bertz CT molecular complexity index is 700. The van der Waals surface area contributed by atoms with Crippen LogP contribution in [-0.4, -0.2) is 15.8 Å². The minimum absolute atomic E-state index is 0. The molecule has 0 fully saturated rings. The Balaban J connectivity index is 0.00000147. The molecular weight excluding hydrogens is 276 g/mol. The van der Waals surface area contributed by atoms with Gasteiger partial charge in [0.25, 0.3) is 0 Å². The molecule has 1 aromatic carbocycles. The number of nitrogens with one attached hydrogen (secondary N) is 1. The highest BCUT2D eigenvalue weighted by atomic mass is 35.5. The van der Waals surface area contributed by atoms with Crippen LogP contribution in [-0.2, 0) is 0 Å². The molecular formula is C15H13ClN2O2. The summed E-state index contributed by atoms with van der Waals surface area (Å²) in [6.07, 6.45) is 3.43. The first-order valence-electron chi connectivity index (χ1n) is 5.95. The van der Waals surface area contributed by atoms with Crippen LogP contribution in [0.5, 0.6) is 0 Å². The summed E-state index contributed by atoms with van der Waals surface area (Å²) in [6, 6.07) is 11.1. The number of hydrogen-bond acceptors (Lipinski definition) is 3. The van der Waals surface area contributed by atoms with E-state index < -0.39 is 0 Å². The van der Waals surface area contributed by atoms with E-state index in [1.807, 2.05) is 24.3 Å². The highest BCUT2D eigenvalue weighted by molar-refractivity contribution is 5.94. The van der Waals surface area contributed by atoms with Gasteiger partial charge in [-0.3, -0.25) is 4.79 Å².